The molecule has 1 N–H and O–H groups in total. The van der Waals surface area contributed by atoms with Crippen LogP contribution in [0.15, 0.2) is 39.4 Å². The molecule has 2 aromatic rings. The highest BCUT2D eigenvalue weighted by Crippen LogP contribution is 2.42. The summed E-state index contributed by atoms with van der Waals surface area (Å²) in [5.74, 6) is 0.969. The minimum absolute atomic E-state index is 0.00801. The van der Waals surface area contributed by atoms with Crippen molar-refractivity contribution in [2.75, 3.05) is 0 Å². The van der Waals surface area contributed by atoms with Gasteiger partial charge in [-0.25, -0.2) is 0 Å². The smallest absolute Gasteiger partial charge is 0.251 e. The minimum atomic E-state index is -0.0400. The van der Waals surface area contributed by atoms with Gasteiger partial charge >= 0.3 is 0 Å². The molecule has 116 valence electrons. The minimum Gasteiger partial charge on any atom is -0.469 e. The van der Waals surface area contributed by atoms with Gasteiger partial charge < -0.3 is 9.73 Å². The van der Waals surface area contributed by atoms with E-state index in [0.29, 0.717) is 5.56 Å². The molecule has 0 bridgehead atoms. The third-order valence-corrected chi connectivity index (χ3v) is 4.79. The van der Waals surface area contributed by atoms with Gasteiger partial charge in [-0.2, -0.15) is 0 Å². The highest BCUT2D eigenvalue weighted by atomic mass is 79.9. The van der Waals surface area contributed by atoms with Crippen LogP contribution in [-0.2, 0) is 6.42 Å². The first-order valence-electron chi connectivity index (χ1n) is 7.49. The first kappa shape index (κ1) is 15.3. The molecular weight excluding hydrogens is 342 g/mol. The van der Waals surface area contributed by atoms with Gasteiger partial charge in [0.2, 0.25) is 0 Å². The maximum atomic E-state index is 12.5. The number of furan rings is 1. The SMILES string of the molecule is Cc1coc2c1C(NC(=O)c1ccc(Br)cc1)CC(C)(C)C2. The Balaban J connectivity index is 1.86. The lowest BCUT2D eigenvalue weighted by Crippen LogP contribution is -2.36. The van der Waals surface area contributed by atoms with Crippen molar-refractivity contribution in [3.05, 3.63) is 57.5 Å². The van der Waals surface area contributed by atoms with Gasteiger partial charge in [0.05, 0.1) is 12.3 Å². The van der Waals surface area contributed by atoms with Gasteiger partial charge in [0.25, 0.3) is 5.91 Å². The van der Waals surface area contributed by atoms with Crippen LogP contribution in [0, 0.1) is 12.3 Å². The molecule has 3 nitrogen and oxygen atoms in total. The highest BCUT2D eigenvalue weighted by molar-refractivity contribution is 9.10. The van der Waals surface area contributed by atoms with Crippen LogP contribution in [-0.4, -0.2) is 5.91 Å². The number of carbonyl (C=O) groups excluding carboxylic acids is 1. The summed E-state index contributed by atoms with van der Waals surface area (Å²) < 4.78 is 6.67. The zero-order chi connectivity index (χ0) is 15.9. The maximum Gasteiger partial charge on any atom is 0.251 e. The van der Waals surface area contributed by atoms with E-state index in [1.54, 1.807) is 6.26 Å². The fourth-order valence-corrected chi connectivity index (χ4v) is 3.50. The van der Waals surface area contributed by atoms with Gasteiger partial charge in [0.15, 0.2) is 0 Å². The van der Waals surface area contributed by atoms with Crippen molar-refractivity contribution in [3.63, 3.8) is 0 Å². The van der Waals surface area contributed by atoms with Crippen molar-refractivity contribution in [2.24, 2.45) is 5.41 Å². The molecule has 0 aliphatic heterocycles. The second-order valence-corrected chi connectivity index (χ2v) is 7.75. The molecule has 0 saturated heterocycles. The molecule has 1 atom stereocenters. The van der Waals surface area contributed by atoms with Crippen molar-refractivity contribution in [2.45, 2.75) is 39.7 Å². The first-order valence-corrected chi connectivity index (χ1v) is 8.28. The number of amides is 1. The lowest BCUT2D eigenvalue weighted by atomic mass is 9.74. The Hall–Kier alpha value is -1.55. The summed E-state index contributed by atoms with van der Waals surface area (Å²) in [4.78, 5) is 12.5. The zero-order valence-electron chi connectivity index (χ0n) is 13.1. The average molecular weight is 362 g/mol. The van der Waals surface area contributed by atoms with E-state index in [-0.39, 0.29) is 17.4 Å². The number of halogens is 1. The Morgan fingerprint density at radius 3 is 2.68 bits per heavy atom. The second-order valence-electron chi connectivity index (χ2n) is 6.83. The Kier molecular flexibility index (Phi) is 3.89. The van der Waals surface area contributed by atoms with Crippen LogP contribution < -0.4 is 5.32 Å². The first-order chi connectivity index (χ1) is 10.4. The maximum absolute atomic E-state index is 12.5. The van der Waals surface area contributed by atoms with Gasteiger partial charge in [0.1, 0.15) is 5.76 Å². The van der Waals surface area contributed by atoms with Gasteiger partial charge in [-0.3, -0.25) is 4.79 Å². The van der Waals surface area contributed by atoms with Crippen LogP contribution >= 0.6 is 15.9 Å². The molecule has 22 heavy (non-hydrogen) atoms. The molecule has 4 heteroatoms. The predicted octanol–water partition coefficient (Wildman–Crippen LogP) is 4.79. The van der Waals surface area contributed by atoms with E-state index < -0.39 is 0 Å². The van der Waals surface area contributed by atoms with E-state index in [1.807, 2.05) is 31.2 Å². The number of hydrogen-bond acceptors (Lipinski definition) is 2. The summed E-state index contributed by atoms with van der Waals surface area (Å²) in [5.41, 5.74) is 3.07. The van der Waals surface area contributed by atoms with Gasteiger partial charge in [-0.1, -0.05) is 29.8 Å². The van der Waals surface area contributed by atoms with Crippen molar-refractivity contribution < 1.29 is 9.21 Å². The third kappa shape index (κ3) is 2.98. The fraction of sp³-hybridized carbons (Fsp3) is 0.389. The number of hydrogen-bond donors (Lipinski definition) is 1. The van der Waals surface area contributed by atoms with Crippen LogP contribution in [0.2, 0.25) is 0 Å². The van der Waals surface area contributed by atoms with Crippen LogP contribution in [0.5, 0.6) is 0 Å². The summed E-state index contributed by atoms with van der Waals surface area (Å²) in [5, 5.41) is 3.18. The predicted molar refractivity (Wildman–Crippen MR) is 89.9 cm³/mol. The zero-order valence-corrected chi connectivity index (χ0v) is 14.7. The third-order valence-electron chi connectivity index (χ3n) is 4.26. The number of rotatable bonds is 2. The van der Waals surface area contributed by atoms with Crippen molar-refractivity contribution in [1.82, 2.24) is 5.32 Å². The molecule has 1 aromatic carbocycles. The van der Waals surface area contributed by atoms with E-state index in [9.17, 15) is 4.79 Å². The fourth-order valence-electron chi connectivity index (χ4n) is 3.24. The lowest BCUT2D eigenvalue weighted by molar-refractivity contribution is 0.0917. The van der Waals surface area contributed by atoms with E-state index >= 15 is 0 Å². The Morgan fingerprint density at radius 1 is 1.32 bits per heavy atom. The molecule has 1 aliphatic rings. The van der Waals surface area contributed by atoms with E-state index in [1.165, 1.54) is 0 Å². The lowest BCUT2D eigenvalue weighted by Gasteiger charge is -2.35. The standard InChI is InChI=1S/C18H20BrNO2/c1-11-10-22-15-9-18(2,3)8-14(16(11)15)20-17(21)12-4-6-13(19)7-5-12/h4-7,10,14H,8-9H2,1-3H3,(H,20,21). The molecule has 0 radical (unpaired) electrons. The Labute approximate surface area is 139 Å². The summed E-state index contributed by atoms with van der Waals surface area (Å²) in [6.07, 6.45) is 3.63. The molecule has 0 fully saturated rings. The summed E-state index contributed by atoms with van der Waals surface area (Å²) in [7, 11) is 0. The van der Waals surface area contributed by atoms with E-state index in [0.717, 1.165) is 34.2 Å². The largest absolute Gasteiger partial charge is 0.469 e. The Morgan fingerprint density at radius 2 is 2.00 bits per heavy atom. The van der Waals surface area contributed by atoms with Crippen molar-refractivity contribution >= 4 is 21.8 Å². The van der Waals surface area contributed by atoms with Gasteiger partial charge in [0, 0.05) is 22.0 Å². The second kappa shape index (κ2) is 5.58. The van der Waals surface area contributed by atoms with Crippen molar-refractivity contribution in [3.8, 4) is 0 Å². The molecular formula is C18H20BrNO2. The quantitative estimate of drug-likeness (QED) is 0.834. The molecule has 1 heterocycles. The summed E-state index contributed by atoms with van der Waals surface area (Å²) in [6.45, 7) is 6.47. The topological polar surface area (TPSA) is 42.2 Å². The Bertz CT molecular complexity index is 700. The molecule has 1 aromatic heterocycles. The molecule has 1 aliphatic carbocycles. The monoisotopic (exact) mass is 361 g/mol. The highest BCUT2D eigenvalue weighted by Gasteiger charge is 2.36. The number of aryl methyl sites for hydroxylation is 1. The molecule has 0 saturated carbocycles. The van der Waals surface area contributed by atoms with E-state index in [2.05, 4.69) is 35.1 Å². The average Bonchev–Trinajstić information content (AvgIpc) is 2.79. The number of fused-ring (bicyclic) bond motifs is 1. The van der Waals surface area contributed by atoms with Crippen LogP contribution in [0.4, 0.5) is 0 Å². The number of benzene rings is 1. The summed E-state index contributed by atoms with van der Waals surface area (Å²) >= 11 is 3.39. The van der Waals surface area contributed by atoms with Gasteiger partial charge in [-0.15, -0.1) is 0 Å². The summed E-state index contributed by atoms with van der Waals surface area (Å²) in [6, 6.07) is 7.43. The van der Waals surface area contributed by atoms with Gasteiger partial charge in [-0.05, 0) is 48.6 Å². The molecule has 3 rings (SSSR count). The van der Waals surface area contributed by atoms with Crippen LogP contribution in [0.1, 0.15) is 53.6 Å². The van der Waals surface area contributed by atoms with E-state index in [4.69, 9.17) is 4.42 Å². The normalized spacial score (nSPS) is 19.5. The molecule has 1 unspecified atom stereocenters. The number of nitrogens with one attached hydrogen (secondary N) is 1. The van der Waals surface area contributed by atoms with Crippen LogP contribution in [0.25, 0.3) is 0 Å². The van der Waals surface area contributed by atoms with Crippen LogP contribution in [0.3, 0.4) is 0 Å². The molecule has 1 amide bonds. The van der Waals surface area contributed by atoms with Crippen molar-refractivity contribution in [1.29, 1.82) is 0 Å². The molecule has 0 spiro atoms. The number of carbonyl (C=O) groups is 1.